The monoisotopic (exact) mass is 284 g/mol. The minimum absolute atomic E-state index is 0.606. The molecule has 0 bridgehead atoms. The van der Waals surface area contributed by atoms with E-state index in [2.05, 4.69) is 17.1 Å². The van der Waals surface area contributed by atoms with E-state index in [1.807, 2.05) is 41.1 Å². The lowest BCUT2D eigenvalue weighted by Crippen LogP contribution is -2.02. The molecule has 0 aliphatic carbocycles. The van der Waals surface area contributed by atoms with Gasteiger partial charge < -0.3 is 4.57 Å². The number of aromatic nitrogens is 2. The zero-order chi connectivity index (χ0) is 15.4. The second kappa shape index (κ2) is 5.95. The van der Waals surface area contributed by atoms with Crippen molar-refractivity contribution in [2.75, 3.05) is 0 Å². The van der Waals surface area contributed by atoms with Crippen LogP contribution in [0.2, 0.25) is 0 Å². The van der Waals surface area contributed by atoms with Crippen molar-refractivity contribution in [3.8, 4) is 23.5 Å². The molecular weight excluding hydrogens is 272 g/mol. The summed E-state index contributed by atoms with van der Waals surface area (Å²) in [4.78, 5) is 4.38. The molecule has 0 aliphatic heterocycles. The van der Waals surface area contributed by atoms with Gasteiger partial charge in [0.15, 0.2) is 0 Å². The first kappa shape index (κ1) is 13.6. The third-order valence-corrected chi connectivity index (χ3v) is 3.44. The van der Waals surface area contributed by atoms with Crippen LogP contribution in [-0.4, -0.2) is 9.55 Å². The van der Waals surface area contributed by atoms with Crippen LogP contribution in [0.15, 0.2) is 60.9 Å². The Morgan fingerprint density at radius 1 is 0.955 bits per heavy atom. The van der Waals surface area contributed by atoms with Gasteiger partial charge >= 0.3 is 0 Å². The van der Waals surface area contributed by atoms with Crippen LogP contribution in [0.1, 0.15) is 16.7 Å². The molecule has 1 aromatic heterocycles. The number of hydrogen-bond acceptors (Lipinski definition) is 3. The van der Waals surface area contributed by atoms with Gasteiger partial charge in [-0.3, -0.25) is 0 Å². The molecule has 0 amide bonds. The van der Waals surface area contributed by atoms with Crippen LogP contribution < -0.4 is 0 Å². The van der Waals surface area contributed by atoms with Gasteiger partial charge in [0, 0.05) is 24.5 Å². The topological polar surface area (TPSA) is 65.4 Å². The predicted octanol–water partition coefficient (Wildman–Crippen LogP) is 3.34. The Morgan fingerprint density at radius 3 is 2.45 bits per heavy atom. The molecular formula is C18H12N4. The number of imidazole rings is 1. The average Bonchev–Trinajstić information content (AvgIpc) is 3.03. The summed E-state index contributed by atoms with van der Waals surface area (Å²) in [5.74, 6) is 0.765. The standard InChI is InChI=1S/C18H12N4/c19-11-14-5-7-15(8-6-14)13-22-10-9-21-18(22)17-4-2-1-3-16(17)12-20/h1-10H,13H2. The summed E-state index contributed by atoms with van der Waals surface area (Å²) in [7, 11) is 0. The van der Waals surface area contributed by atoms with Gasteiger partial charge in [-0.15, -0.1) is 0 Å². The van der Waals surface area contributed by atoms with Crippen LogP contribution in [-0.2, 0) is 6.54 Å². The van der Waals surface area contributed by atoms with Crippen LogP contribution in [0.3, 0.4) is 0 Å². The molecule has 0 unspecified atom stereocenters. The van der Waals surface area contributed by atoms with Crippen LogP contribution in [0.5, 0.6) is 0 Å². The van der Waals surface area contributed by atoms with Crippen molar-refractivity contribution in [3.63, 3.8) is 0 Å². The SMILES string of the molecule is N#Cc1ccc(Cn2ccnc2-c2ccccc2C#N)cc1. The molecule has 0 saturated heterocycles. The van der Waals surface area contributed by atoms with Gasteiger partial charge in [0.25, 0.3) is 0 Å². The van der Waals surface area contributed by atoms with Gasteiger partial charge in [-0.1, -0.05) is 24.3 Å². The molecule has 3 aromatic rings. The van der Waals surface area contributed by atoms with E-state index in [-0.39, 0.29) is 0 Å². The second-order valence-corrected chi connectivity index (χ2v) is 4.84. The maximum atomic E-state index is 9.24. The third kappa shape index (κ3) is 2.59. The highest BCUT2D eigenvalue weighted by Gasteiger charge is 2.10. The third-order valence-electron chi connectivity index (χ3n) is 3.44. The van der Waals surface area contributed by atoms with Crippen molar-refractivity contribution in [3.05, 3.63) is 77.6 Å². The normalized spacial score (nSPS) is 9.91. The summed E-state index contributed by atoms with van der Waals surface area (Å²) in [5.41, 5.74) is 3.15. The Hall–Kier alpha value is -3.37. The fraction of sp³-hybridized carbons (Fsp3) is 0.0556. The summed E-state index contributed by atoms with van der Waals surface area (Å²) in [6.07, 6.45) is 3.62. The van der Waals surface area contributed by atoms with Crippen molar-refractivity contribution in [1.82, 2.24) is 9.55 Å². The minimum atomic E-state index is 0.606. The van der Waals surface area contributed by atoms with E-state index in [0.717, 1.165) is 17.0 Å². The summed E-state index contributed by atoms with van der Waals surface area (Å²) in [6.45, 7) is 0.640. The highest BCUT2D eigenvalue weighted by atomic mass is 15.1. The van der Waals surface area contributed by atoms with Gasteiger partial charge in [-0.05, 0) is 29.8 Å². The average molecular weight is 284 g/mol. The van der Waals surface area contributed by atoms with Gasteiger partial charge in [0.2, 0.25) is 0 Å². The van der Waals surface area contributed by atoms with E-state index in [1.165, 1.54) is 0 Å². The van der Waals surface area contributed by atoms with Crippen molar-refractivity contribution < 1.29 is 0 Å². The second-order valence-electron chi connectivity index (χ2n) is 4.84. The van der Waals surface area contributed by atoms with Crippen molar-refractivity contribution in [2.24, 2.45) is 0 Å². The maximum Gasteiger partial charge on any atom is 0.141 e. The number of rotatable bonds is 3. The smallest absolute Gasteiger partial charge is 0.141 e. The van der Waals surface area contributed by atoms with Crippen molar-refractivity contribution >= 4 is 0 Å². The number of nitrogens with zero attached hydrogens (tertiary/aromatic N) is 4. The molecule has 0 N–H and O–H groups in total. The zero-order valence-corrected chi connectivity index (χ0v) is 11.8. The van der Waals surface area contributed by atoms with E-state index < -0.39 is 0 Å². The van der Waals surface area contributed by atoms with Gasteiger partial charge in [-0.2, -0.15) is 10.5 Å². The minimum Gasteiger partial charge on any atom is -0.327 e. The van der Waals surface area contributed by atoms with Crippen LogP contribution in [0, 0.1) is 22.7 Å². The molecule has 3 rings (SSSR count). The van der Waals surface area contributed by atoms with Crippen molar-refractivity contribution in [2.45, 2.75) is 6.54 Å². The Bertz CT molecular complexity index is 876. The lowest BCUT2D eigenvalue weighted by atomic mass is 10.1. The maximum absolute atomic E-state index is 9.24. The summed E-state index contributed by atoms with van der Waals surface area (Å²) in [6, 6.07) is 19.2. The van der Waals surface area contributed by atoms with E-state index in [1.54, 1.807) is 24.4 Å². The molecule has 0 aliphatic rings. The molecule has 1 heterocycles. The van der Waals surface area contributed by atoms with E-state index in [0.29, 0.717) is 17.7 Å². The van der Waals surface area contributed by atoms with Crippen LogP contribution in [0.25, 0.3) is 11.4 Å². The molecule has 22 heavy (non-hydrogen) atoms. The van der Waals surface area contributed by atoms with Gasteiger partial charge in [0.1, 0.15) is 5.82 Å². The fourth-order valence-corrected chi connectivity index (χ4v) is 2.34. The van der Waals surface area contributed by atoms with Gasteiger partial charge in [0.05, 0.1) is 23.3 Å². The number of nitriles is 2. The molecule has 0 spiro atoms. The molecule has 0 saturated carbocycles. The molecule has 2 aromatic carbocycles. The first-order valence-electron chi connectivity index (χ1n) is 6.81. The first-order valence-corrected chi connectivity index (χ1v) is 6.81. The van der Waals surface area contributed by atoms with Crippen LogP contribution in [0.4, 0.5) is 0 Å². The highest BCUT2D eigenvalue weighted by molar-refractivity contribution is 5.64. The first-order chi connectivity index (χ1) is 10.8. The molecule has 4 nitrogen and oxygen atoms in total. The highest BCUT2D eigenvalue weighted by Crippen LogP contribution is 2.22. The molecule has 0 radical (unpaired) electrons. The summed E-state index contributed by atoms with van der Waals surface area (Å²) < 4.78 is 2.00. The fourth-order valence-electron chi connectivity index (χ4n) is 2.34. The van der Waals surface area contributed by atoms with Crippen LogP contribution >= 0.6 is 0 Å². The Labute approximate surface area is 128 Å². The van der Waals surface area contributed by atoms with Crippen molar-refractivity contribution in [1.29, 1.82) is 10.5 Å². The largest absolute Gasteiger partial charge is 0.327 e. The quantitative estimate of drug-likeness (QED) is 0.740. The Morgan fingerprint density at radius 2 is 1.73 bits per heavy atom. The van der Waals surface area contributed by atoms with E-state index >= 15 is 0 Å². The van der Waals surface area contributed by atoms with Gasteiger partial charge in [-0.25, -0.2) is 4.98 Å². The Balaban J connectivity index is 1.95. The number of hydrogen-bond donors (Lipinski definition) is 0. The Kier molecular flexibility index (Phi) is 3.68. The molecule has 4 heteroatoms. The van der Waals surface area contributed by atoms with E-state index in [4.69, 9.17) is 5.26 Å². The predicted molar refractivity (Wildman–Crippen MR) is 82.6 cm³/mol. The number of benzene rings is 2. The lowest BCUT2D eigenvalue weighted by Gasteiger charge is -2.09. The molecule has 0 fully saturated rings. The molecule has 0 atom stereocenters. The summed E-state index contributed by atoms with van der Waals surface area (Å²) in [5, 5.41) is 18.1. The molecule has 104 valence electrons. The summed E-state index contributed by atoms with van der Waals surface area (Å²) >= 11 is 0. The van der Waals surface area contributed by atoms with E-state index in [9.17, 15) is 5.26 Å². The zero-order valence-electron chi connectivity index (χ0n) is 11.8. The lowest BCUT2D eigenvalue weighted by molar-refractivity contribution is 0.807.